The molecule has 0 atom stereocenters. The van der Waals surface area contributed by atoms with Gasteiger partial charge in [0.2, 0.25) is 5.69 Å². The number of hydrogen-bond donors (Lipinski definition) is 0. The number of nitrogens with zero attached hydrogens (tertiary/aromatic N) is 1. The van der Waals surface area contributed by atoms with Gasteiger partial charge in [-0.2, -0.15) is 4.74 Å². The zero-order valence-electron chi connectivity index (χ0n) is 11.9. The lowest BCUT2D eigenvalue weighted by molar-refractivity contribution is -0.354. The topological polar surface area (TPSA) is 35.3 Å². The molecule has 0 amide bonds. The maximum Gasteiger partial charge on any atom is 0.216 e. The Bertz CT molecular complexity index is 571. The third-order valence-corrected chi connectivity index (χ3v) is 2.91. The molecular weight excluding hydrogens is 250 g/mol. The van der Waals surface area contributed by atoms with Crippen LogP contribution in [0, 0.1) is 12.1 Å². The fourth-order valence-corrected chi connectivity index (χ4v) is 1.77. The van der Waals surface area contributed by atoms with Crippen LogP contribution in [0.3, 0.4) is 0 Å². The monoisotopic (exact) mass is 269 g/mol. The standard InChI is InChI=1S/C17H19NO2/c1-3-12-20-17-10-6-15(7-11-17)13-18(19)16-8-4-14(2)5-9-16/h4-11,13H,3,12H2,1-2H3. The highest BCUT2D eigenvalue weighted by Crippen LogP contribution is 2.14. The zero-order valence-corrected chi connectivity index (χ0v) is 11.9. The molecule has 20 heavy (non-hydrogen) atoms. The van der Waals surface area contributed by atoms with Crippen LogP contribution in [0.25, 0.3) is 0 Å². The van der Waals surface area contributed by atoms with E-state index >= 15 is 0 Å². The van der Waals surface area contributed by atoms with Crippen molar-refractivity contribution in [3.63, 3.8) is 0 Å². The van der Waals surface area contributed by atoms with Crippen LogP contribution in [0.2, 0.25) is 0 Å². The fraction of sp³-hybridized carbons (Fsp3) is 0.235. The quantitative estimate of drug-likeness (QED) is 0.355. The van der Waals surface area contributed by atoms with Gasteiger partial charge in [0.25, 0.3) is 0 Å². The lowest BCUT2D eigenvalue weighted by atomic mass is 10.2. The molecule has 0 saturated carbocycles. The summed E-state index contributed by atoms with van der Waals surface area (Å²) in [7, 11) is 0. The Morgan fingerprint density at radius 1 is 1.05 bits per heavy atom. The van der Waals surface area contributed by atoms with Gasteiger partial charge in [-0.3, -0.25) is 0 Å². The van der Waals surface area contributed by atoms with E-state index in [9.17, 15) is 5.21 Å². The van der Waals surface area contributed by atoms with Crippen LogP contribution in [0.5, 0.6) is 5.75 Å². The number of benzene rings is 2. The van der Waals surface area contributed by atoms with Gasteiger partial charge >= 0.3 is 0 Å². The van der Waals surface area contributed by atoms with Crippen LogP contribution in [-0.4, -0.2) is 17.6 Å². The van der Waals surface area contributed by atoms with Gasteiger partial charge in [0.05, 0.1) is 6.61 Å². The SMILES string of the molecule is CCCOc1ccc(C=[N+]([O-])c2ccc(C)cc2)cc1. The van der Waals surface area contributed by atoms with E-state index in [1.807, 2.05) is 55.5 Å². The molecule has 2 rings (SSSR count). The van der Waals surface area contributed by atoms with Gasteiger partial charge in [-0.15, -0.1) is 0 Å². The first-order valence-electron chi connectivity index (χ1n) is 6.80. The van der Waals surface area contributed by atoms with E-state index in [-0.39, 0.29) is 0 Å². The minimum absolute atomic E-state index is 0.627. The molecule has 0 aliphatic carbocycles. The van der Waals surface area contributed by atoms with Crippen molar-refractivity contribution < 1.29 is 9.48 Å². The van der Waals surface area contributed by atoms with Crippen LogP contribution < -0.4 is 4.74 Å². The van der Waals surface area contributed by atoms with Gasteiger partial charge in [-0.1, -0.05) is 24.6 Å². The van der Waals surface area contributed by atoms with Crippen molar-refractivity contribution in [3.8, 4) is 5.75 Å². The summed E-state index contributed by atoms with van der Waals surface area (Å²) in [5, 5.41) is 12.0. The Morgan fingerprint density at radius 3 is 2.30 bits per heavy atom. The Kier molecular flexibility index (Phi) is 4.77. The molecular formula is C17H19NO2. The van der Waals surface area contributed by atoms with Crippen molar-refractivity contribution in [1.82, 2.24) is 0 Å². The zero-order chi connectivity index (χ0) is 14.4. The molecule has 0 saturated heterocycles. The van der Waals surface area contributed by atoms with Crippen LogP contribution in [0.15, 0.2) is 48.5 Å². The Hall–Kier alpha value is -2.29. The third-order valence-electron chi connectivity index (χ3n) is 2.91. The number of rotatable bonds is 5. The van der Waals surface area contributed by atoms with E-state index in [0.717, 1.165) is 28.0 Å². The van der Waals surface area contributed by atoms with Gasteiger partial charge in [0, 0.05) is 17.7 Å². The lowest BCUT2D eigenvalue weighted by Crippen LogP contribution is -1.99. The molecule has 0 unspecified atom stereocenters. The third kappa shape index (κ3) is 3.85. The largest absolute Gasteiger partial charge is 0.618 e. The molecule has 0 bridgehead atoms. The van der Waals surface area contributed by atoms with Crippen LogP contribution in [0.1, 0.15) is 24.5 Å². The average molecular weight is 269 g/mol. The first-order valence-corrected chi connectivity index (χ1v) is 6.80. The van der Waals surface area contributed by atoms with E-state index in [1.54, 1.807) is 6.21 Å². The Labute approximate surface area is 119 Å². The molecule has 2 aromatic carbocycles. The van der Waals surface area contributed by atoms with Crippen LogP contribution >= 0.6 is 0 Å². The minimum atomic E-state index is 0.627. The number of hydrogen-bond acceptors (Lipinski definition) is 2. The number of aryl methyl sites for hydroxylation is 1. The number of ether oxygens (including phenoxy) is 1. The molecule has 0 aliphatic heterocycles. The van der Waals surface area contributed by atoms with E-state index in [2.05, 4.69) is 6.92 Å². The van der Waals surface area contributed by atoms with Crippen molar-refractivity contribution in [2.75, 3.05) is 6.61 Å². The van der Waals surface area contributed by atoms with Crippen molar-refractivity contribution in [1.29, 1.82) is 0 Å². The molecule has 3 nitrogen and oxygen atoms in total. The van der Waals surface area contributed by atoms with E-state index < -0.39 is 0 Å². The molecule has 2 aromatic rings. The second kappa shape index (κ2) is 6.75. The summed E-state index contributed by atoms with van der Waals surface area (Å²) in [6.07, 6.45) is 2.55. The average Bonchev–Trinajstić information content (AvgIpc) is 2.47. The molecule has 104 valence electrons. The van der Waals surface area contributed by atoms with Crippen molar-refractivity contribution >= 4 is 11.9 Å². The molecule has 0 fully saturated rings. The Morgan fingerprint density at radius 2 is 1.70 bits per heavy atom. The van der Waals surface area contributed by atoms with Crippen LogP contribution in [-0.2, 0) is 0 Å². The molecule has 0 spiro atoms. The highest BCUT2D eigenvalue weighted by atomic mass is 16.5. The van der Waals surface area contributed by atoms with Gasteiger partial charge in [-0.05, 0) is 37.6 Å². The predicted octanol–water partition coefficient (Wildman–Crippen LogP) is 4.04. The lowest BCUT2D eigenvalue weighted by Gasteiger charge is -2.05. The van der Waals surface area contributed by atoms with Gasteiger partial charge in [0.15, 0.2) is 6.21 Å². The molecule has 0 N–H and O–H groups in total. The maximum atomic E-state index is 12.0. The van der Waals surface area contributed by atoms with Crippen LogP contribution in [0.4, 0.5) is 5.69 Å². The second-order valence-electron chi connectivity index (χ2n) is 4.71. The van der Waals surface area contributed by atoms with E-state index in [4.69, 9.17) is 4.74 Å². The molecule has 0 aliphatic rings. The Balaban J connectivity index is 2.11. The minimum Gasteiger partial charge on any atom is -0.618 e. The summed E-state index contributed by atoms with van der Waals surface area (Å²) >= 11 is 0. The van der Waals surface area contributed by atoms with Crippen molar-refractivity contribution in [3.05, 3.63) is 64.9 Å². The smallest absolute Gasteiger partial charge is 0.216 e. The molecule has 0 heterocycles. The predicted molar refractivity (Wildman–Crippen MR) is 81.9 cm³/mol. The highest BCUT2D eigenvalue weighted by Gasteiger charge is 2.01. The normalized spacial score (nSPS) is 11.4. The van der Waals surface area contributed by atoms with Crippen molar-refractivity contribution in [2.45, 2.75) is 20.3 Å². The second-order valence-corrected chi connectivity index (χ2v) is 4.71. The molecule has 3 heteroatoms. The summed E-state index contributed by atoms with van der Waals surface area (Å²) in [5.41, 5.74) is 2.62. The fourth-order valence-electron chi connectivity index (χ4n) is 1.77. The van der Waals surface area contributed by atoms with E-state index in [0.29, 0.717) is 12.3 Å². The summed E-state index contributed by atoms with van der Waals surface area (Å²) in [6.45, 7) is 4.77. The maximum absolute atomic E-state index is 12.0. The highest BCUT2D eigenvalue weighted by molar-refractivity contribution is 5.76. The molecule has 0 aromatic heterocycles. The summed E-state index contributed by atoms with van der Waals surface area (Å²) in [6, 6.07) is 15.0. The van der Waals surface area contributed by atoms with E-state index in [1.165, 1.54) is 0 Å². The van der Waals surface area contributed by atoms with Crippen molar-refractivity contribution in [2.24, 2.45) is 0 Å². The first-order chi connectivity index (χ1) is 9.69. The summed E-state index contributed by atoms with van der Waals surface area (Å²) < 4.78 is 6.38. The summed E-state index contributed by atoms with van der Waals surface area (Å²) in [4.78, 5) is 0. The molecule has 0 radical (unpaired) electrons. The van der Waals surface area contributed by atoms with Gasteiger partial charge < -0.3 is 9.94 Å². The first kappa shape index (κ1) is 14.1. The van der Waals surface area contributed by atoms with Gasteiger partial charge in [0.1, 0.15) is 5.75 Å². The van der Waals surface area contributed by atoms with Gasteiger partial charge in [-0.25, -0.2) is 0 Å². The summed E-state index contributed by atoms with van der Waals surface area (Å²) in [5.74, 6) is 0.830.